The number of rotatable bonds is 5. The Bertz CT molecular complexity index is 441. The molecule has 98 valence electrons. The lowest BCUT2D eigenvalue weighted by atomic mass is 10.1. The fraction of sp³-hybridized carbons (Fsp3) is 0.500. The molecule has 1 aliphatic carbocycles. The molecule has 0 atom stereocenters. The first-order chi connectivity index (χ1) is 8.67. The van der Waals surface area contributed by atoms with Crippen molar-refractivity contribution in [2.24, 2.45) is 0 Å². The summed E-state index contributed by atoms with van der Waals surface area (Å²) in [4.78, 5) is 14.2. The number of ether oxygens (including phenoxy) is 1. The molecule has 1 aromatic rings. The number of aromatic hydroxyl groups is 1. The molecule has 1 N–H and O–H groups in total. The van der Waals surface area contributed by atoms with Crippen LogP contribution in [0.3, 0.4) is 0 Å². The van der Waals surface area contributed by atoms with E-state index in [0.29, 0.717) is 17.4 Å². The van der Waals surface area contributed by atoms with E-state index >= 15 is 0 Å². The molecule has 0 radical (unpaired) electrons. The molecule has 18 heavy (non-hydrogen) atoms. The molecule has 4 heteroatoms. The number of phenols is 1. The molecular formula is C14H19NO3. The first kappa shape index (κ1) is 12.7. The SMILES string of the molecule is CCCN(C(=O)c1ccc(OC)cc1O)C1CC1. The van der Waals surface area contributed by atoms with E-state index in [9.17, 15) is 9.90 Å². The number of hydrogen-bond acceptors (Lipinski definition) is 3. The molecule has 1 saturated carbocycles. The number of phenolic OH excluding ortho intramolecular Hbond substituents is 1. The first-order valence-electron chi connectivity index (χ1n) is 6.35. The second-order valence-electron chi connectivity index (χ2n) is 4.61. The predicted molar refractivity (Wildman–Crippen MR) is 69.0 cm³/mol. The van der Waals surface area contributed by atoms with E-state index in [1.165, 1.54) is 13.2 Å². The van der Waals surface area contributed by atoms with Gasteiger partial charge in [0.15, 0.2) is 0 Å². The minimum Gasteiger partial charge on any atom is -0.507 e. The minimum absolute atomic E-state index is 0.0129. The summed E-state index contributed by atoms with van der Waals surface area (Å²) in [6.45, 7) is 2.80. The quantitative estimate of drug-likeness (QED) is 0.871. The number of methoxy groups -OCH3 is 1. The van der Waals surface area contributed by atoms with E-state index in [2.05, 4.69) is 6.92 Å². The zero-order chi connectivity index (χ0) is 13.1. The summed E-state index contributed by atoms with van der Waals surface area (Å²) in [5.41, 5.74) is 0.358. The Morgan fingerprint density at radius 3 is 2.72 bits per heavy atom. The van der Waals surface area contributed by atoms with Crippen molar-refractivity contribution < 1.29 is 14.6 Å². The Hall–Kier alpha value is -1.71. The Balaban J connectivity index is 2.21. The molecule has 0 bridgehead atoms. The highest BCUT2D eigenvalue weighted by atomic mass is 16.5. The minimum atomic E-state index is -0.0838. The molecule has 0 heterocycles. The number of amides is 1. The normalized spacial score (nSPS) is 14.3. The molecule has 0 aliphatic heterocycles. The lowest BCUT2D eigenvalue weighted by Crippen LogP contribution is -2.33. The standard InChI is InChI=1S/C14H19NO3/c1-3-8-15(10-4-5-10)14(17)12-7-6-11(18-2)9-13(12)16/h6-7,9-10,16H,3-5,8H2,1-2H3. The largest absolute Gasteiger partial charge is 0.507 e. The number of carbonyl (C=O) groups excluding carboxylic acids is 1. The van der Waals surface area contributed by atoms with Crippen LogP contribution in [0.1, 0.15) is 36.5 Å². The molecule has 0 aromatic heterocycles. The van der Waals surface area contributed by atoms with Gasteiger partial charge in [-0.2, -0.15) is 0 Å². The number of hydrogen-bond donors (Lipinski definition) is 1. The van der Waals surface area contributed by atoms with Crippen molar-refractivity contribution >= 4 is 5.91 Å². The number of nitrogens with zero attached hydrogens (tertiary/aromatic N) is 1. The maximum Gasteiger partial charge on any atom is 0.257 e. The van der Waals surface area contributed by atoms with Crippen LogP contribution in [0.15, 0.2) is 18.2 Å². The molecule has 1 fully saturated rings. The summed E-state index contributed by atoms with van der Waals surface area (Å²) in [5.74, 6) is 0.457. The lowest BCUT2D eigenvalue weighted by molar-refractivity contribution is 0.0740. The highest BCUT2D eigenvalue weighted by Crippen LogP contribution is 2.31. The van der Waals surface area contributed by atoms with Gasteiger partial charge in [-0.3, -0.25) is 4.79 Å². The molecule has 0 unspecified atom stereocenters. The van der Waals surface area contributed by atoms with Crippen LogP contribution in [-0.4, -0.2) is 35.6 Å². The van der Waals surface area contributed by atoms with Crippen molar-refractivity contribution in [1.82, 2.24) is 4.90 Å². The molecule has 4 nitrogen and oxygen atoms in total. The van der Waals surface area contributed by atoms with E-state index in [4.69, 9.17) is 4.74 Å². The average molecular weight is 249 g/mol. The third-order valence-corrected chi connectivity index (χ3v) is 3.15. The van der Waals surface area contributed by atoms with E-state index < -0.39 is 0 Å². The van der Waals surface area contributed by atoms with Gasteiger partial charge in [-0.25, -0.2) is 0 Å². The van der Waals surface area contributed by atoms with Crippen LogP contribution in [0.5, 0.6) is 11.5 Å². The zero-order valence-electron chi connectivity index (χ0n) is 10.8. The summed E-state index contributed by atoms with van der Waals surface area (Å²) in [6.07, 6.45) is 3.07. The van der Waals surface area contributed by atoms with Gasteiger partial charge >= 0.3 is 0 Å². The highest BCUT2D eigenvalue weighted by molar-refractivity contribution is 5.97. The molecule has 0 saturated heterocycles. The van der Waals surface area contributed by atoms with E-state index in [1.54, 1.807) is 12.1 Å². The summed E-state index contributed by atoms with van der Waals surface area (Å²) < 4.78 is 5.01. The van der Waals surface area contributed by atoms with Gasteiger partial charge in [0.05, 0.1) is 12.7 Å². The topological polar surface area (TPSA) is 49.8 Å². The number of benzene rings is 1. The summed E-state index contributed by atoms with van der Waals surface area (Å²) in [5, 5.41) is 9.88. The molecule has 2 rings (SSSR count). The van der Waals surface area contributed by atoms with Crippen LogP contribution in [0.25, 0.3) is 0 Å². The lowest BCUT2D eigenvalue weighted by Gasteiger charge is -2.22. The fourth-order valence-corrected chi connectivity index (χ4v) is 2.05. The second kappa shape index (κ2) is 5.29. The van der Waals surface area contributed by atoms with Crippen LogP contribution in [-0.2, 0) is 0 Å². The van der Waals surface area contributed by atoms with Crippen molar-refractivity contribution in [2.45, 2.75) is 32.2 Å². The van der Waals surface area contributed by atoms with Crippen LogP contribution >= 0.6 is 0 Å². The molecular weight excluding hydrogens is 230 g/mol. The zero-order valence-corrected chi connectivity index (χ0v) is 10.8. The van der Waals surface area contributed by atoms with Crippen molar-refractivity contribution in [3.8, 4) is 11.5 Å². The van der Waals surface area contributed by atoms with Gasteiger partial charge in [-0.15, -0.1) is 0 Å². The van der Waals surface area contributed by atoms with Crippen molar-refractivity contribution in [3.05, 3.63) is 23.8 Å². The maximum atomic E-state index is 12.4. The van der Waals surface area contributed by atoms with Gasteiger partial charge < -0.3 is 14.7 Å². The summed E-state index contributed by atoms with van der Waals surface area (Å²) >= 11 is 0. The highest BCUT2D eigenvalue weighted by Gasteiger charge is 2.33. The van der Waals surface area contributed by atoms with Gasteiger partial charge in [0.1, 0.15) is 11.5 Å². The van der Waals surface area contributed by atoms with Crippen LogP contribution in [0.2, 0.25) is 0 Å². The van der Waals surface area contributed by atoms with Gasteiger partial charge in [0, 0.05) is 18.7 Å². The van der Waals surface area contributed by atoms with Crippen molar-refractivity contribution in [3.63, 3.8) is 0 Å². The van der Waals surface area contributed by atoms with Crippen molar-refractivity contribution in [1.29, 1.82) is 0 Å². The Labute approximate surface area is 107 Å². The molecule has 1 aliphatic rings. The third-order valence-electron chi connectivity index (χ3n) is 3.15. The summed E-state index contributed by atoms with van der Waals surface area (Å²) in [7, 11) is 1.53. The Kier molecular flexibility index (Phi) is 3.75. The smallest absolute Gasteiger partial charge is 0.257 e. The monoisotopic (exact) mass is 249 g/mol. The van der Waals surface area contributed by atoms with E-state index in [-0.39, 0.29) is 11.7 Å². The van der Waals surface area contributed by atoms with Gasteiger partial charge in [-0.1, -0.05) is 6.92 Å². The molecule has 1 aromatic carbocycles. The van der Waals surface area contributed by atoms with Gasteiger partial charge in [0.2, 0.25) is 0 Å². The van der Waals surface area contributed by atoms with Gasteiger partial charge in [0.25, 0.3) is 5.91 Å². The third kappa shape index (κ3) is 2.58. The fourth-order valence-electron chi connectivity index (χ4n) is 2.05. The predicted octanol–water partition coefficient (Wildman–Crippen LogP) is 2.42. The summed E-state index contributed by atoms with van der Waals surface area (Å²) in [6, 6.07) is 5.16. The second-order valence-corrected chi connectivity index (χ2v) is 4.61. The first-order valence-corrected chi connectivity index (χ1v) is 6.35. The van der Waals surface area contributed by atoms with Crippen molar-refractivity contribution in [2.75, 3.05) is 13.7 Å². The van der Waals surface area contributed by atoms with Crippen LogP contribution in [0, 0.1) is 0 Å². The number of carbonyl (C=O) groups is 1. The molecule has 1 amide bonds. The van der Waals surface area contributed by atoms with E-state index in [1.807, 2.05) is 4.90 Å². The Morgan fingerprint density at radius 1 is 1.50 bits per heavy atom. The van der Waals surface area contributed by atoms with Gasteiger partial charge in [-0.05, 0) is 31.4 Å². The Morgan fingerprint density at radius 2 is 2.22 bits per heavy atom. The van der Waals surface area contributed by atoms with Crippen LogP contribution < -0.4 is 4.74 Å². The van der Waals surface area contributed by atoms with E-state index in [0.717, 1.165) is 25.8 Å². The maximum absolute atomic E-state index is 12.4. The molecule has 0 spiro atoms. The average Bonchev–Trinajstić information content (AvgIpc) is 3.19. The van der Waals surface area contributed by atoms with Crippen LogP contribution in [0.4, 0.5) is 0 Å².